The van der Waals surface area contributed by atoms with E-state index < -0.39 is 0 Å². The molecule has 0 spiro atoms. The zero-order chi connectivity index (χ0) is 15.5. The third kappa shape index (κ3) is 3.96. The van der Waals surface area contributed by atoms with E-state index in [4.69, 9.17) is 21.1 Å². The minimum absolute atomic E-state index is 0.181. The molecule has 2 nitrogen and oxygen atoms in total. The summed E-state index contributed by atoms with van der Waals surface area (Å²) in [7, 11) is 0. The number of hydrogen-bond donors (Lipinski definition) is 0. The van der Waals surface area contributed by atoms with Crippen LogP contribution >= 0.6 is 50.1 Å². The maximum absolute atomic E-state index is 6.32. The monoisotopic (exact) mass is 492 g/mol. The fraction of sp³-hybridized carbons (Fsp3) is 0.294. The fourth-order valence-corrected chi connectivity index (χ4v) is 4.12. The van der Waals surface area contributed by atoms with Crippen LogP contribution in [0.15, 0.2) is 46.9 Å². The average molecular weight is 494 g/mol. The van der Waals surface area contributed by atoms with Crippen LogP contribution in [0.4, 0.5) is 0 Å². The largest absolute Gasteiger partial charge is 0.488 e. The molecule has 2 aromatic rings. The number of hydrogen-bond acceptors (Lipinski definition) is 2. The van der Waals surface area contributed by atoms with Crippen LogP contribution in [0, 0.1) is 0 Å². The second-order valence-corrected chi connectivity index (χ2v) is 7.77. The van der Waals surface area contributed by atoms with Gasteiger partial charge in [0.2, 0.25) is 0 Å². The van der Waals surface area contributed by atoms with Gasteiger partial charge in [0.25, 0.3) is 0 Å². The molecule has 1 aliphatic heterocycles. The van der Waals surface area contributed by atoms with E-state index >= 15 is 0 Å². The van der Waals surface area contributed by atoms with Crippen molar-refractivity contribution in [2.75, 3.05) is 13.2 Å². The molecule has 22 heavy (non-hydrogen) atoms. The van der Waals surface area contributed by atoms with Gasteiger partial charge < -0.3 is 9.47 Å². The third-order valence-corrected chi connectivity index (χ3v) is 5.82. The van der Waals surface area contributed by atoms with Crippen molar-refractivity contribution in [1.82, 2.24) is 0 Å². The van der Waals surface area contributed by atoms with Crippen molar-refractivity contribution >= 4 is 50.1 Å². The molecule has 116 valence electrons. The van der Waals surface area contributed by atoms with Gasteiger partial charge in [-0.25, -0.2) is 0 Å². The van der Waals surface area contributed by atoms with E-state index in [0.717, 1.165) is 33.8 Å². The molecule has 1 aliphatic rings. The van der Waals surface area contributed by atoms with Gasteiger partial charge in [0.1, 0.15) is 11.9 Å². The molecule has 2 aromatic carbocycles. The highest BCUT2D eigenvalue weighted by molar-refractivity contribution is 14.1. The van der Waals surface area contributed by atoms with Crippen molar-refractivity contribution < 1.29 is 9.47 Å². The van der Waals surface area contributed by atoms with Crippen LogP contribution in [0.1, 0.15) is 21.5 Å². The molecule has 0 N–H and O–H groups in total. The predicted octanol–water partition coefficient (Wildman–Crippen LogP) is 5.79. The van der Waals surface area contributed by atoms with E-state index in [-0.39, 0.29) is 10.0 Å². The molecule has 2 atom stereocenters. The highest BCUT2D eigenvalue weighted by Gasteiger charge is 2.18. The van der Waals surface area contributed by atoms with E-state index in [2.05, 4.69) is 56.7 Å². The van der Waals surface area contributed by atoms with Gasteiger partial charge >= 0.3 is 0 Å². The molecule has 0 aromatic heterocycles. The first-order chi connectivity index (χ1) is 10.6. The van der Waals surface area contributed by atoms with Crippen LogP contribution in [-0.4, -0.2) is 19.3 Å². The van der Waals surface area contributed by atoms with Gasteiger partial charge in [-0.3, -0.25) is 0 Å². The zero-order valence-electron chi connectivity index (χ0n) is 11.8. The number of halogens is 3. The molecule has 1 saturated heterocycles. The molecular formula is C17H15BrClIO2. The highest BCUT2D eigenvalue weighted by atomic mass is 127. The Balaban J connectivity index is 1.75. The normalized spacial score (nSPS) is 19.1. The lowest BCUT2D eigenvalue weighted by molar-refractivity contribution is 0.141. The molecule has 1 fully saturated rings. The Morgan fingerprint density at radius 2 is 2.00 bits per heavy atom. The third-order valence-electron chi connectivity index (χ3n) is 3.59. The molecule has 1 unspecified atom stereocenters. The van der Waals surface area contributed by atoms with Crippen molar-refractivity contribution in [3.05, 3.63) is 63.1 Å². The Hall–Kier alpha value is -0.300. The minimum Gasteiger partial charge on any atom is -0.488 e. The fourth-order valence-electron chi connectivity index (χ4n) is 2.40. The summed E-state index contributed by atoms with van der Waals surface area (Å²) in [6, 6.07) is 14.2. The summed E-state index contributed by atoms with van der Waals surface area (Å²) in [6.45, 7) is 1.48. The molecule has 0 bridgehead atoms. The lowest BCUT2D eigenvalue weighted by atomic mass is 10.0. The Morgan fingerprint density at radius 3 is 2.68 bits per heavy atom. The number of rotatable bonds is 4. The second-order valence-electron chi connectivity index (χ2n) is 5.20. The number of benzene rings is 2. The van der Waals surface area contributed by atoms with Gasteiger partial charge in [-0.05, 0) is 41.5 Å². The van der Waals surface area contributed by atoms with Gasteiger partial charge in [-0.15, -0.1) is 0 Å². The molecule has 1 heterocycles. The molecule has 0 saturated carbocycles. The van der Waals surface area contributed by atoms with Crippen LogP contribution in [0.5, 0.6) is 5.75 Å². The van der Waals surface area contributed by atoms with Gasteiger partial charge in [-0.1, -0.05) is 62.3 Å². The maximum Gasteiger partial charge on any atom is 0.124 e. The summed E-state index contributed by atoms with van der Waals surface area (Å²) >= 11 is 12.2. The smallest absolute Gasteiger partial charge is 0.124 e. The average Bonchev–Trinajstić information content (AvgIpc) is 3.03. The maximum atomic E-state index is 6.32. The molecular weight excluding hydrogens is 478 g/mol. The number of alkyl halides is 1. The van der Waals surface area contributed by atoms with Crippen LogP contribution in [0.25, 0.3) is 0 Å². The van der Waals surface area contributed by atoms with E-state index in [1.165, 1.54) is 5.56 Å². The Kier molecular flexibility index (Phi) is 5.65. The van der Waals surface area contributed by atoms with E-state index in [1.807, 2.05) is 24.3 Å². The zero-order valence-corrected chi connectivity index (χ0v) is 16.3. The Bertz CT molecular complexity index is 642. The van der Waals surface area contributed by atoms with Crippen LogP contribution < -0.4 is 4.74 Å². The molecule has 0 radical (unpaired) electrons. The SMILES string of the molecule is Clc1ccc(Br)cc1C(I)c1ccc(O[C@H]2CCOC2)cc1. The summed E-state index contributed by atoms with van der Waals surface area (Å²) in [5.74, 6) is 0.892. The minimum atomic E-state index is 0.181. The first kappa shape index (κ1) is 16.6. The first-order valence-corrected chi connectivity index (χ1v) is 9.48. The summed E-state index contributed by atoms with van der Waals surface area (Å²) in [4.78, 5) is 0. The molecule has 3 rings (SSSR count). The Labute approximate surface area is 157 Å². The molecule has 0 amide bonds. The molecule has 0 aliphatic carbocycles. The van der Waals surface area contributed by atoms with E-state index in [0.29, 0.717) is 6.61 Å². The van der Waals surface area contributed by atoms with Crippen molar-refractivity contribution in [3.63, 3.8) is 0 Å². The quantitative estimate of drug-likeness (QED) is 0.396. The summed E-state index contributed by atoms with van der Waals surface area (Å²) in [5, 5.41) is 0.783. The summed E-state index contributed by atoms with van der Waals surface area (Å²) in [6.07, 6.45) is 1.14. The lowest BCUT2D eigenvalue weighted by Gasteiger charge is -2.15. The van der Waals surface area contributed by atoms with Gasteiger partial charge in [-0.2, -0.15) is 0 Å². The van der Waals surface area contributed by atoms with Crippen LogP contribution in [0.2, 0.25) is 5.02 Å². The first-order valence-electron chi connectivity index (χ1n) is 7.07. The van der Waals surface area contributed by atoms with E-state index in [9.17, 15) is 0 Å². The van der Waals surface area contributed by atoms with E-state index in [1.54, 1.807) is 0 Å². The van der Waals surface area contributed by atoms with Gasteiger partial charge in [0.15, 0.2) is 0 Å². The van der Waals surface area contributed by atoms with Crippen LogP contribution in [0.3, 0.4) is 0 Å². The summed E-state index contributed by atoms with van der Waals surface area (Å²) in [5.41, 5.74) is 2.31. The topological polar surface area (TPSA) is 18.5 Å². The van der Waals surface area contributed by atoms with Crippen molar-refractivity contribution in [2.24, 2.45) is 0 Å². The highest BCUT2D eigenvalue weighted by Crippen LogP contribution is 2.37. The second kappa shape index (κ2) is 7.51. The standard InChI is InChI=1S/C17H15BrClIO2/c18-12-3-6-16(19)15(9-12)17(20)11-1-4-13(5-2-11)22-14-7-8-21-10-14/h1-6,9,14,17H,7-8,10H2/t14-,17?/m0/s1. The predicted molar refractivity (Wildman–Crippen MR) is 101 cm³/mol. The van der Waals surface area contributed by atoms with Crippen molar-refractivity contribution in [3.8, 4) is 5.75 Å². The lowest BCUT2D eigenvalue weighted by Crippen LogP contribution is -2.15. The number of ether oxygens (including phenoxy) is 2. The van der Waals surface area contributed by atoms with Crippen molar-refractivity contribution in [1.29, 1.82) is 0 Å². The van der Waals surface area contributed by atoms with Gasteiger partial charge in [0, 0.05) is 15.9 Å². The van der Waals surface area contributed by atoms with Crippen LogP contribution in [-0.2, 0) is 4.74 Å². The molecule has 5 heteroatoms. The van der Waals surface area contributed by atoms with Gasteiger partial charge in [0.05, 0.1) is 17.1 Å². The summed E-state index contributed by atoms with van der Waals surface area (Å²) < 4.78 is 12.5. The van der Waals surface area contributed by atoms with Crippen molar-refractivity contribution in [2.45, 2.75) is 16.4 Å². The Morgan fingerprint density at radius 1 is 1.23 bits per heavy atom.